The van der Waals surface area contributed by atoms with Crippen molar-refractivity contribution in [3.8, 4) is 0 Å². The predicted molar refractivity (Wildman–Crippen MR) is 102 cm³/mol. The highest BCUT2D eigenvalue weighted by molar-refractivity contribution is 6.30. The summed E-state index contributed by atoms with van der Waals surface area (Å²) in [5.74, 6) is -0.491. The lowest BCUT2D eigenvalue weighted by Crippen LogP contribution is -2.16. The number of carbonyl (C=O) groups excluding carboxylic acids is 1. The van der Waals surface area contributed by atoms with E-state index in [0.717, 1.165) is 11.2 Å². The van der Waals surface area contributed by atoms with Crippen molar-refractivity contribution in [2.75, 3.05) is 0 Å². The van der Waals surface area contributed by atoms with Crippen LogP contribution in [0.25, 0.3) is 16.6 Å². The number of carbonyl (C=O) groups is 1. The normalized spacial score (nSPS) is 11.0. The minimum atomic E-state index is -0.491. The van der Waals surface area contributed by atoms with E-state index in [1.54, 1.807) is 18.2 Å². The van der Waals surface area contributed by atoms with Crippen molar-refractivity contribution >= 4 is 34.1 Å². The van der Waals surface area contributed by atoms with E-state index in [9.17, 15) is 9.59 Å². The number of hydrogen-bond acceptors (Lipinski definition) is 5. The number of benzene rings is 1. The van der Waals surface area contributed by atoms with E-state index in [4.69, 9.17) is 16.3 Å². The largest absolute Gasteiger partial charge is 0.456 e. The Labute approximate surface area is 159 Å². The van der Waals surface area contributed by atoms with Gasteiger partial charge < -0.3 is 4.74 Å². The fourth-order valence-corrected chi connectivity index (χ4v) is 3.05. The van der Waals surface area contributed by atoms with Crippen LogP contribution in [0.2, 0.25) is 5.02 Å². The summed E-state index contributed by atoms with van der Waals surface area (Å²) in [5, 5.41) is 1.15. The SMILES string of the molecule is Cc1cc(C(=O)OCc2cc(=O)n3cc(Cl)ccc3n2)c2ccccc2n1. The molecule has 0 unspecified atom stereocenters. The Morgan fingerprint density at radius 2 is 1.96 bits per heavy atom. The first kappa shape index (κ1) is 17.2. The number of halogens is 1. The van der Waals surface area contributed by atoms with Crippen LogP contribution in [0.5, 0.6) is 0 Å². The van der Waals surface area contributed by atoms with E-state index in [2.05, 4.69) is 9.97 Å². The van der Waals surface area contributed by atoms with Crippen molar-refractivity contribution in [3.05, 3.63) is 87.1 Å². The Kier molecular flexibility index (Phi) is 4.33. The third kappa shape index (κ3) is 3.39. The Balaban J connectivity index is 1.63. The summed E-state index contributed by atoms with van der Waals surface area (Å²) in [5.41, 5.74) is 2.39. The van der Waals surface area contributed by atoms with Gasteiger partial charge in [0.2, 0.25) is 0 Å². The maximum atomic E-state index is 12.6. The molecule has 4 aromatic rings. The Bertz CT molecular complexity index is 1250. The highest BCUT2D eigenvalue weighted by Crippen LogP contribution is 2.19. The molecule has 3 heterocycles. The molecular formula is C20H14ClN3O3. The van der Waals surface area contributed by atoms with Crippen molar-refractivity contribution in [2.45, 2.75) is 13.5 Å². The van der Waals surface area contributed by atoms with Crippen molar-refractivity contribution in [2.24, 2.45) is 0 Å². The molecule has 3 aromatic heterocycles. The van der Waals surface area contributed by atoms with Gasteiger partial charge in [0.05, 0.1) is 21.8 Å². The van der Waals surface area contributed by atoms with Crippen LogP contribution in [-0.2, 0) is 11.3 Å². The van der Waals surface area contributed by atoms with E-state index in [-0.39, 0.29) is 12.2 Å². The minimum absolute atomic E-state index is 0.108. The molecular weight excluding hydrogens is 366 g/mol. The van der Waals surface area contributed by atoms with E-state index in [1.165, 1.54) is 16.7 Å². The number of aromatic nitrogens is 3. The molecule has 0 radical (unpaired) electrons. The number of pyridine rings is 2. The summed E-state index contributed by atoms with van der Waals surface area (Å²) >= 11 is 5.90. The molecule has 0 aliphatic carbocycles. The first-order valence-electron chi connectivity index (χ1n) is 8.22. The molecule has 4 rings (SSSR count). The van der Waals surface area contributed by atoms with E-state index in [0.29, 0.717) is 27.3 Å². The van der Waals surface area contributed by atoms with Gasteiger partial charge in [-0.3, -0.25) is 14.2 Å². The quantitative estimate of drug-likeness (QED) is 0.509. The summed E-state index contributed by atoms with van der Waals surface area (Å²) < 4.78 is 6.74. The third-order valence-electron chi connectivity index (χ3n) is 4.09. The average Bonchev–Trinajstić information content (AvgIpc) is 2.66. The lowest BCUT2D eigenvalue weighted by atomic mass is 10.1. The molecule has 7 heteroatoms. The van der Waals surface area contributed by atoms with Crippen LogP contribution in [0.1, 0.15) is 21.7 Å². The van der Waals surface area contributed by atoms with Crippen molar-refractivity contribution in [1.82, 2.24) is 14.4 Å². The first-order chi connectivity index (χ1) is 13.0. The topological polar surface area (TPSA) is 73.6 Å². The summed E-state index contributed by atoms with van der Waals surface area (Å²) in [7, 11) is 0. The van der Waals surface area contributed by atoms with Crippen LogP contribution in [0.4, 0.5) is 0 Å². The number of nitrogens with zero attached hydrogens (tertiary/aromatic N) is 3. The van der Waals surface area contributed by atoms with Gasteiger partial charge in [0.25, 0.3) is 5.56 Å². The molecule has 134 valence electrons. The van der Waals surface area contributed by atoms with E-state index < -0.39 is 5.97 Å². The van der Waals surface area contributed by atoms with Crippen LogP contribution >= 0.6 is 11.6 Å². The average molecular weight is 380 g/mol. The molecule has 1 aromatic carbocycles. The predicted octanol–water partition coefficient (Wildman–Crippen LogP) is 3.56. The van der Waals surface area contributed by atoms with Crippen molar-refractivity contribution < 1.29 is 9.53 Å². The number of rotatable bonds is 3. The molecule has 0 fully saturated rings. The summed E-state index contributed by atoms with van der Waals surface area (Å²) in [6.45, 7) is 1.71. The van der Waals surface area contributed by atoms with Crippen LogP contribution in [0.3, 0.4) is 0 Å². The second-order valence-corrected chi connectivity index (χ2v) is 6.50. The Hall–Kier alpha value is -3.25. The molecule has 0 saturated carbocycles. The third-order valence-corrected chi connectivity index (χ3v) is 4.32. The molecule has 0 aliphatic rings. The second kappa shape index (κ2) is 6.81. The molecule has 0 atom stereocenters. The summed E-state index contributed by atoms with van der Waals surface area (Å²) in [4.78, 5) is 33.6. The van der Waals surface area contributed by atoms with E-state index >= 15 is 0 Å². The van der Waals surface area contributed by atoms with Gasteiger partial charge in [-0.15, -0.1) is 0 Å². The molecule has 0 bridgehead atoms. The van der Waals surface area contributed by atoms with Crippen LogP contribution in [0.15, 0.2) is 59.5 Å². The van der Waals surface area contributed by atoms with Gasteiger partial charge in [-0.05, 0) is 31.2 Å². The lowest BCUT2D eigenvalue weighted by Gasteiger charge is -2.09. The van der Waals surface area contributed by atoms with Gasteiger partial charge in [-0.1, -0.05) is 29.8 Å². The number of hydrogen-bond donors (Lipinski definition) is 0. The van der Waals surface area contributed by atoms with Gasteiger partial charge in [0.15, 0.2) is 0 Å². The van der Waals surface area contributed by atoms with Crippen LogP contribution in [-0.4, -0.2) is 20.3 Å². The second-order valence-electron chi connectivity index (χ2n) is 6.07. The van der Waals surface area contributed by atoms with Gasteiger partial charge in [-0.25, -0.2) is 9.78 Å². The standard InChI is InChI=1S/C20H14ClN3O3/c1-12-8-16(15-4-2-3-5-17(15)22-12)20(26)27-11-14-9-19(25)24-10-13(21)6-7-18(24)23-14/h2-10H,11H2,1H3. The number of fused-ring (bicyclic) bond motifs is 2. The molecule has 0 saturated heterocycles. The zero-order valence-corrected chi connectivity index (χ0v) is 15.1. The number of para-hydroxylation sites is 1. The number of ether oxygens (including phenoxy) is 1. The smallest absolute Gasteiger partial charge is 0.339 e. The maximum absolute atomic E-state index is 12.6. The lowest BCUT2D eigenvalue weighted by molar-refractivity contribution is 0.0470. The summed E-state index contributed by atoms with van der Waals surface area (Å²) in [6, 6.07) is 13.7. The first-order valence-corrected chi connectivity index (χ1v) is 8.60. The van der Waals surface area contributed by atoms with Gasteiger partial charge in [-0.2, -0.15) is 0 Å². The summed E-state index contributed by atoms with van der Waals surface area (Å²) in [6.07, 6.45) is 1.49. The van der Waals surface area contributed by atoms with Crippen LogP contribution < -0.4 is 5.56 Å². The number of aryl methyl sites for hydroxylation is 1. The highest BCUT2D eigenvalue weighted by atomic mass is 35.5. The zero-order chi connectivity index (χ0) is 19.0. The zero-order valence-electron chi connectivity index (χ0n) is 14.3. The molecule has 0 N–H and O–H groups in total. The van der Waals surface area contributed by atoms with E-state index in [1.807, 2.05) is 31.2 Å². The fraction of sp³-hybridized carbons (Fsp3) is 0.100. The van der Waals surface area contributed by atoms with Crippen LogP contribution in [0, 0.1) is 6.92 Å². The molecule has 0 amide bonds. The molecule has 0 spiro atoms. The molecule has 6 nitrogen and oxygen atoms in total. The Morgan fingerprint density at radius 1 is 1.15 bits per heavy atom. The van der Waals surface area contributed by atoms with Crippen molar-refractivity contribution in [3.63, 3.8) is 0 Å². The van der Waals surface area contributed by atoms with Gasteiger partial charge >= 0.3 is 5.97 Å². The Morgan fingerprint density at radius 3 is 2.81 bits per heavy atom. The number of esters is 1. The maximum Gasteiger partial charge on any atom is 0.339 e. The molecule has 0 aliphatic heterocycles. The highest BCUT2D eigenvalue weighted by Gasteiger charge is 2.14. The van der Waals surface area contributed by atoms with Gasteiger partial charge in [0, 0.05) is 23.3 Å². The molecule has 27 heavy (non-hydrogen) atoms. The van der Waals surface area contributed by atoms with Crippen molar-refractivity contribution in [1.29, 1.82) is 0 Å². The fourth-order valence-electron chi connectivity index (χ4n) is 2.89. The van der Waals surface area contributed by atoms with Gasteiger partial charge in [0.1, 0.15) is 12.3 Å². The minimum Gasteiger partial charge on any atom is -0.456 e. The monoisotopic (exact) mass is 379 g/mol.